The van der Waals surface area contributed by atoms with Crippen molar-refractivity contribution in [3.63, 3.8) is 0 Å². The van der Waals surface area contributed by atoms with Gasteiger partial charge >= 0.3 is 0 Å². The van der Waals surface area contributed by atoms with Crippen molar-refractivity contribution in [2.24, 2.45) is 0 Å². The predicted octanol–water partition coefficient (Wildman–Crippen LogP) is 1.08. The van der Waals surface area contributed by atoms with E-state index in [1.807, 2.05) is 18.9 Å². The van der Waals surface area contributed by atoms with E-state index in [9.17, 15) is 5.11 Å². The Kier molecular flexibility index (Phi) is 6.99. The summed E-state index contributed by atoms with van der Waals surface area (Å²) in [6.07, 6.45) is 1.01. The number of rotatable bonds is 5. The van der Waals surface area contributed by atoms with Gasteiger partial charge in [0.25, 0.3) is 0 Å². The fourth-order valence-electron chi connectivity index (χ4n) is 1.82. The van der Waals surface area contributed by atoms with E-state index < -0.39 is 0 Å². The largest absolute Gasteiger partial charge is 0.393 e. The lowest BCUT2D eigenvalue weighted by Crippen LogP contribution is -2.41. The maximum Gasteiger partial charge on any atom is 0.158 e. The molecule has 1 aliphatic heterocycles. The summed E-state index contributed by atoms with van der Waals surface area (Å²) in [7, 11) is 1.89. The normalized spacial score (nSPS) is 28.1. The van der Waals surface area contributed by atoms with Crippen molar-refractivity contribution in [1.29, 1.82) is 5.41 Å². The van der Waals surface area contributed by atoms with Crippen LogP contribution in [-0.2, 0) is 4.74 Å². The number of ether oxygens (including phenoxy) is 1. The lowest BCUT2D eigenvalue weighted by atomic mass is 10.1. The minimum atomic E-state index is -0.320. The summed E-state index contributed by atoms with van der Waals surface area (Å²) in [5.41, 5.74) is -0.112. The summed E-state index contributed by atoms with van der Waals surface area (Å²) in [6.45, 7) is 6.54. The molecule has 0 aromatic rings. The highest BCUT2D eigenvalue weighted by Crippen LogP contribution is 2.28. The molecule has 3 atom stereocenters. The molecule has 1 fully saturated rings. The second-order valence-electron chi connectivity index (χ2n) is 4.56. The van der Waals surface area contributed by atoms with E-state index >= 15 is 0 Å². The fourth-order valence-corrected chi connectivity index (χ4v) is 2.91. The summed E-state index contributed by atoms with van der Waals surface area (Å²) >= 11 is 1.39. The zero-order chi connectivity index (χ0) is 13.5. The van der Waals surface area contributed by atoms with Crippen molar-refractivity contribution >= 4 is 16.9 Å². The van der Waals surface area contributed by atoms with E-state index in [1.54, 1.807) is 0 Å². The van der Waals surface area contributed by atoms with E-state index in [2.05, 4.69) is 12.2 Å². The highest BCUT2D eigenvalue weighted by molar-refractivity contribution is 8.14. The van der Waals surface area contributed by atoms with Crippen LogP contribution in [0.1, 0.15) is 26.7 Å². The van der Waals surface area contributed by atoms with Crippen LogP contribution in [0.4, 0.5) is 0 Å². The first-order valence-electron chi connectivity index (χ1n) is 6.57. The smallest absolute Gasteiger partial charge is 0.158 e. The average molecular weight is 275 g/mol. The summed E-state index contributed by atoms with van der Waals surface area (Å²) in [5, 5.41) is 21.5. The van der Waals surface area contributed by atoms with Gasteiger partial charge in [-0.1, -0.05) is 18.7 Å². The molecule has 0 amide bonds. The van der Waals surface area contributed by atoms with Gasteiger partial charge in [0.05, 0.1) is 12.2 Å². The van der Waals surface area contributed by atoms with Crippen LogP contribution in [0.5, 0.6) is 0 Å². The first-order valence-corrected chi connectivity index (χ1v) is 7.45. The number of thioether (sulfide) groups is 1. The molecule has 0 bridgehead atoms. The summed E-state index contributed by atoms with van der Waals surface area (Å²) in [5.74, 6) is 0. The molecular formula is C12H25N3O2S. The molecule has 18 heavy (non-hydrogen) atoms. The average Bonchev–Trinajstić information content (AvgIpc) is 2.34. The minimum absolute atomic E-state index is 0.0472. The van der Waals surface area contributed by atoms with Gasteiger partial charge in [-0.15, -0.1) is 0 Å². The first kappa shape index (κ1) is 15.8. The number of amidine groups is 1. The van der Waals surface area contributed by atoms with Gasteiger partial charge in [-0.25, -0.2) is 0 Å². The molecule has 0 aromatic heterocycles. The van der Waals surface area contributed by atoms with E-state index in [0.717, 1.165) is 19.6 Å². The number of nitrogens with zero attached hydrogens (tertiary/aromatic N) is 1. The van der Waals surface area contributed by atoms with Crippen molar-refractivity contribution in [3.8, 4) is 0 Å². The predicted molar refractivity (Wildman–Crippen MR) is 76.1 cm³/mol. The number of likely N-dealkylation sites (N-methyl/N-ethyl adjacent to an activating group) is 1. The summed E-state index contributed by atoms with van der Waals surface area (Å²) < 4.78 is 5.90. The van der Waals surface area contributed by atoms with Gasteiger partial charge in [-0.05, 0) is 13.5 Å². The molecule has 1 aliphatic rings. The molecule has 106 valence electrons. The highest BCUT2D eigenvalue weighted by atomic mass is 32.2. The van der Waals surface area contributed by atoms with Crippen LogP contribution < -0.4 is 5.32 Å². The Bertz CT molecular complexity index is 266. The molecule has 0 aliphatic carbocycles. The Morgan fingerprint density at radius 3 is 2.83 bits per heavy atom. The maximum atomic E-state index is 9.85. The SMILES string of the molecule is CCNCC1CC(O)CC(SC(=N)N(C)CC)O1. The molecule has 0 saturated carbocycles. The summed E-state index contributed by atoms with van der Waals surface area (Å²) in [4.78, 5) is 1.87. The number of nitrogens with one attached hydrogen (secondary N) is 2. The Hall–Kier alpha value is -0.300. The van der Waals surface area contributed by atoms with Crippen molar-refractivity contribution in [2.45, 2.75) is 44.3 Å². The second-order valence-corrected chi connectivity index (χ2v) is 5.71. The van der Waals surface area contributed by atoms with Crippen molar-refractivity contribution in [1.82, 2.24) is 10.2 Å². The van der Waals surface area contributed by atoms with E-state index in [4.69, 9.17) is 10.1 Å². The van der Waals surface area contributed by atoms with Gasteiger partial charge in [0.15, 0.2) is 5.17 Å². The zero-order valence-corrected chi connectivity index (χ0v) is 12.3. The third-order valence-corrected chi connectivity index (χ3v) is 4.13. The molecule has 1 saturated heterocycles. The Morgan fingerprint density at radius 1 is 1.50 bits per heavy atom. The number of aliphatic hydroxyl groups is 1. The Labute approximate surface area is 114 Å². The van der Waals surface area contributed by atoms with Crippen molar-refractivity contribution in [2.75, 3.05) is 26.7 Å². The lowest BCUT2D eigenvalue weighted by Gasteiger charge is -2.33. The monoisotopic (exact) mass is 275 g/mol. The topological polar surface area (TPSA) is 68.6 Å². The van der Waals surface area contributed by atoms with Crippen LogP contribution in [0.3, 0.4) is 0 Å². The molecule has 5 nitrogen and oxygen atoms in total. The summed E-state index contributed by atoms with van der Waals surface area (Å²) in [6, 6.07) is 0. The van der Waals surface area contributed by atoms with Crippen LogP contribution >= 0.6 is 11.8 Å². The Balaban J connectivity index is 2.42. The molecule has 0 spiro atoms. The van der Waals surface area contributed by atoms with Gasteiger partial charge in [0, 0.05) is 33.0 Å². The molecule has 0 radical (unpaired) electrons. The minimum Gasteiger partial charge on any atom is -0.393 e. The van der Waals surface area contributed by atoms with Gasteiger partial charge in [0.2, 0.25) is 0 Å². The Morgan fingerprint density at radius 2 is 2.22 bits per heavy atom. The molecule has 3 N–H and O–H groups in total. The third-order valence-electron chi connectivity index (χ3n) is 3.03. The quantitative estimate of drug-likeness (QED) is 0.517. The van der Waals surface area contributed by atoms with Crippen LogP contribution in [-0.4, -0.2) is 59.5 Å². The van der Waals surface area contributed by atoms with Crippen molar-refractivity contribution < 1.29 is 9.84 Å². The molecule has 3 unspecified atom stereocenters. The van der Waals surface area contributed by atoms with Gasteiger partial charge in [0.1, 0.15) is 5.44 Å². The maximum absolute atomic E-state index is 9.85. The standard InChI is InChI=1S/C12H25N3O2S/c1-4-14-8-10-6-9(16)7-11(17-10)18-12(13)15(3)5-2/h9-11,13-14,16H,4-8H2,1-3H3. The van der Waals surface area contributed by atoms with E-state index in [0.29, 0.717) is 18.0 Å². The number of hydrogen-bond donors (Lipinski definition) is 3. The number of hydrogen-bond acceptors (Lipinski definition) is 5. The fraction of sp³-hybridized carbons (Fsp3) is 0.917. The third kappa shape index (κ3) is 5.14. The number of aliphatic hydroxyl groups excluding tert-OH is 1. The highest BCUT2D eigenvalue weighted by Gasteiger charge is 2.29. The van der Waals surface area contributed by atoms with Crippen LogP contribution in [0, 0.1) is 5.41 Å². The van der Waals surface area contributed by atoms with Crippen LogP contribution in [0.25, 0.3) is 0 Å². The van der Waals surface area contributed by atoms with Gasteiger partial charge in [-0.3, -0.25) is 5.41 Å². The van der Waals surface area contributed by atoms with E-state index in [1.165, 1.54) is 11.8 Å². The molecule has 0 aromatic carbocycles. The molecular weight excluding hydrogens is 250 g/mol. The van der Waals surface area contributed by atoms with Crippen molar-refractivity contribution in [3.05, 3.63) is 0 Å². The molecule has 6 heteroatoms. The first-order chi connectivity index (χ1) is 8.56. The van der Waals surface area contributed by atoms with E-state index in [-0.39, 0.29) is 17.6 Å². The van der Waals surface area contributed by atoms with Crippen LogP contribution in [0.15, 0.2) is 0 Å². The van der Waals surface area contributed by atoms with Crippen LogP contribution in [0.2, 0.25) is 0 Å². The second kappa shape index (κ2) is 7.99. The van der Waals surface area contributed by atoms with Gasteiger partial charge < -0.3 is 20.1 Å². The molecule has 1 rings (SSSR count). The zero-order valence-electron chi connectivity index (χ0n) is 11.5. The van der Waals surface area contributed by atoms with Gasteiger partial charge in [-0.2, -0.15) is 0 Å². The lowest BCUT2D eigenvalue weighted by molar-refractivity contribution is -0.0567. The molecule has 1 heterocycles.